The molecule has 0 unspecified atom stereocenters. The number of benzene rings is 2. The van der Waals surface area contributed by atoms with Crippen LogP contribution in [-0.4, -0.2) is 15.2 Å². The van der Waals surface area contributed by atoms with Crippen LogP contribution in [-0.2, 0) is 6.18 Å². The predicted octanol–water partition coefficient (Wildman–Crippen LogP) is 5.76. The van der Waals surface area contributed by atoms with Crippen molar-refractivity contribution in [1.29, 1.82) is 0 Å². The highest BCUT2D eigenvalue weighted by Crippen LogP contribution is 2.30. The van der Waals surface area contributed by atoms with E-state index in [0.717, 1.165) is 39.9 Å². The quantitative estimate of drug-likeness (QED) is 0.491. The predicted molar refractivity (Wildman–Crippen MR) is 102 cm³/mol. The molecule has 0 amide bonds. The van der Waals surface area contributed by atoms with Crippen LogP contribution in [0.25, 0.3) is 22.2 Å². The number of hydrogen-bond acceptors (Lipinski definition) is 4. The number of aryl methyl sites for hydroxylation is 1. The number of nitrogens with one attached hydrogen (secondary N) is 1. The van der Waals surface area contributed by atoms with E-state index in [1.54, 1.807) is 6.20 Å². The molecule has 0 aliphatic carbocycles. The number of anilines is 2. The second-order valence-corrected chi connectivity index (χ2v) is 6.37. The van der Waals surface area contributed by atoms with Crippen LogP contribution >= 0.6 is 0 Å². The summed E-state index contributed by atoms with van der Waals surface area (Å²) in [7, 11) is 0. The number of halogens is 3. The van der Waals surface area contributed by atoms with Gasteiger partial charge in [0.15, 0.2) is 5.82 Å². The molecule has 2 aromatic carbocycles. The number of nitrogens with zero attached hydrogens (tertiary/aromatic N) is 3. The average Bonchev–Trinajstić information content (AvgIpc) is 2.67. The molecule has 4 nitrogen and oxygen atoms in total. The number of alkyl halides is 3. The molecule has 0 saturated heterocycles. The van der Waals surface area contributed by atoms with Gasteiger partial charge in [0.25, 0.3) is 0 Å². The van der Waals surface area contributed by atoms with Gasteiger partial charge < -0.3 is 5.32 Å². The summed E-state index contributed by atoms with van der Waals surface area (Å²) >= 11 is 0. The minimum Gasteiger partial charge on any atom is -0.339 e. The maximum atomic E-state index is 12.7. The van der Waals surface area contributed by atoms with Crippen LogP contribution in [0.15, 0.2) is 66.9 Å². The van der Waals surface area contributed by atoms with E-state index >= 15 is 0 Å². The first kappa shape index (κ1) is 17.9. The van der Waals surface area contributed by atoms with E-state index in [2.05, 4.69) is 20.5 Å². The Morgan fingerprint density at radius 2 is 1.68 bits per heavy atom. The van der Waals surface area contributed by atoms with Gasteiger partial charge in [0, 0.05) is 22.8 Å². The zero-order valence-corrected chi connectivity index (χ0v) is 14.8. The normalized spacial score (nSPS) is 11.6. The summed E-state index contributed by atoms with van der Waals surface area (Å²) in [4.78, 5) is 4.35. The van der Waals surface area contributed by atoms with E-state index in [9.17, 15) is 13.2 Å². The third-order valence-corrected chi connectivity index (χ3v) is 4.35. The smallest absolute Gasteiger partial charge is 0.339 e. The Kier molecular flexibility index (Phi) is 4.43. The average molecular weight is 380 g/mol. The summed E-state index contributed by atoms with van der Waals surface area (Å²) in [5.41, 5.74) is 3.19. The van der Waals surface area contributed by atoms with Gasteiger partial charge in [-0.1, -0.05) is 18.2 Å². The Bertz CT molecular complexity index is 1140. The SMILES string of the molecule is Cc1cc(Nc2ccc(C(F)(F)F)cc2)nnc1-c1ccc2cccnc2c1. The summed E-state index contributed by atoms with van der Waals surface area (Å²) in [6.45, 7) is 1.91. The molecule has 7 heteroatoms. The number of hydrogen-bond donors (Lipinski definition) is 1. The zero-order chi connectivity index (χ0) is 19.7. The lowest BCUT2D eigenvalue weighted by atomic mass is 10.1. The standard InChI is InChI=1S/C21H15F3N4/c1-13-11-19(26-17-8-6-16(7-9-17)21(22,23)24)27-28-20(13)15-5-4-14-3-2-10-25-18(14)12-15/h2-12H,1H3,(H,26,27). The van der Waals surface area contributed by atoms with Crippen LogP contribution in [0.3, 0.4) is 0 Å². The summed E-state index contributed by atoms with van der Waals surface area (Å²) in [5, 5.41) is 12.5. The fourth-order valence-electron chi connectivity index (χ4n) is 2.94. The van der Waals surface area contributed by atoms with Crippen molar-refractivity contribution in [2.45, 2.75) is 13.1 Å². The highest BCUT2D eigenvalue weighted by atomic mass is 19.4. The van der Waals surface area contributed by atoms with Gasteiger partial charge in [0.2, 0.25) is 0 Å². The van der Waals surface area contributed by atoms with E-state index < -0.39 is 11.7 Å². The monoisotopic (exact) mass is 380 g/mol. The van der Waals surface area contributed by atoms with Crippen molar-refractivity contribution in [2.24, 2.45) is 0 Å². The molecule has 0 fully saturated rings. The molecule has 4 aromatic rings. The molecule has 0 saturated carbocycles. The van der Waals surface area contributed by atoms with Crippen LogP contribution in [0.4, 0.5) is 24.7 Å². The van der Waals surface area contributed by atoms with Crippen LogP contribution in [0.1, 0.15) is 11.1 Å². The molecule has 0 atom stereocenters. The van der Waals surface area contributed by atoms with Gasteiger partial charge in [-0.25, -0.2) is 0 Å². The minimum atomic E-state index is -4.36. The highest BCUT2D eigenvalue weighted by Gasteiger charge is 2.29. The Labute approximate surface area is 159 Å². The third kappa shape index (κ3) is 3.64. The van der Waals surface area contributed by atoms with Crippen LogP contribution in [0.5, 0.6) is 0 Å². The molecule has 0 spiro atoms. The summed E-state index contributed by atoms with van der Waals surface area (Å²) in [5.74, 6) is 0.458. The molecule has 1 N–H and O–H groups in total. The topological polar surface area (TPSA) is 50.7 Å². The molecule has 0 radical (unpaired) electrons. The van der Waals surface area contributed by atoms with Gasteiger partial charge in [0.05, 0.1) is 16.8 Å². The highest BCUT2D eigenvalue weighted by molar-refractivity contribution is 5.83. The lowest BCUT2D eigenvalue weighted by molar-refractivity contribution is -0.137. The first-order valence-corrected chi connectivity index (χ1v) is 8.54. The maximum Gasteiger partial charge on any atom is 0.416 e. The molecular formula is C21H15F3N4. The molecular weight excluding hydrogens is 365 g/mol. The zero-order valence-electron chi connectivity index (χ0n) is 14.8. The maximum absolute atomic E-state index is 12.7. The Hall–Kier alpha value is -3.48. The molecule has 0 aliphatic heterocycles. The number of aromatic nitrogens is 3. The second-order valence-electron chi connectivity index (χ2n) is 6.37. The van der Waals surface area contributed by atoms with Crippen molar-refractivity contribution < 1.29 is 13.2 Å². The van der Waals surface area contributed by atoms with Gasteiger partial charge in [0.1, 0.15) is 0 Å². The van der Waals surface area contributed by atoms with Crippen molar-refractivity contribution in [2.75, 3.05) is 5.32 Å². The number of rotatable bonds is 3. The number of fused-ring (bicyclic) bond motifs is 1. The van der Waals surface area contributed by atoms with Gasteiger partial charge in [-0.2, -0.15) is 13.2 Å². The summed E-state index contributed by atoms with van der Waals surface area (Å²) < 4.78 is 38.0. The Morgan fingerprint density at radius 3 is 2.39 bits per heavy atom. The molecule has 0 bridgehead atoms. The lowest BCUT2D eigenvalue weighted by Gasteiger charge is -2.11. The summed E-state index contributed by atoms with van der Waals surface area (Å²) in [6, 6.07) is 16.4. The van der Waals surface area contributed by atoms with Gasteiger partial charge in [-0.05, 0) is 55.0 Å². The number of pyridine rings is 1. The first-order valence-electron chi connectivity index (χ1n) is 8.54. The van der Waals surface area contributed by atoms with E-state index in [4.69, 9.17) is 0 Å². The van der Waals surface area contributed by atoms with Gasteiger partial charge >= 0.3 is 6.18 Å². The van der Waals surface area contributed by atoms with Crippen molar-refractivity contribution in [3.05, 3.63) is 78.0 Å². The van der Waals surface area contributed by atoms with Gasteiger partial charge in [-0.3, -0.25) is 4.98 Å². The Balaban J connectivity index is 1.58. The van der Waals surface area contributed by atoms with Gasteiger partial charge in [-0.15, -0.1) is 10.2 Å². The van der Waals surface area contributed by atoms with E-state index in [1.807, 2.05) is 43.3 Å². The van der Waals surface area contributed by atoms with E-state index in [0.29, 0.717) is 11.5 Å². The molecule has 2 heterocycles. The van der Waals surface area contributed by atoms with Crippen molar-refractivity contribution >= 4 is 22.4 Å². The summed E-state index contributed by atoms with van der Waals surface area (Å²) in [6.07, 6.45) is -2.62. The van der Waals surface area contributed by atoms with Crippen molar-refractivity contribution in [1.82, 2.24) is 15.2 Å². The van der Waals surface area contributed by atoms with Crippen molar-refractivity contribution in [3.63, 3.8) is 0 Å². The molecule has 0 aliphatic rings. The first-order chi connectivity index (χ1) is 13.4. The van der Waals surface area contributed by atoms with E-state index in [-0.39, 0.29) is 0 Å². The molecule has 28 heavy (non-hydrogen) atoms. The van der Waals surface area contributed by atoms with Crippen LogP contribution in [0.2, 0.25) is 0 Å². The second kappa shape index (κ2) is 6.92. The molecule has 140 valence electrons. The largest absolute Gasteiger partial charge is 0.416 e. The van der Waals surface area contributed by atoms with Crippen molar-refractivity contribution in [3.8, 4) is 11.3 Å². The van der Waals surface area contributed by atoms with E-state index in [1.165, 1.54) is 12.1 Å². The minimum absolute atomic E-state index is 0.458. The molecule has 4 rings (SSSR count). The lowest BCUT2D eigenvalue weighted by Crippen LogP contribution is -2.04. The Morgan fingerprint density at radius 1 is 0.893 bits per heavy atom. The van der Waals surface area contributed by atoms with Crippen LogP contribution in [0, 0.1) is 6.92 Å². The fraction of sp³-hybridized carbons (Fsp3) is 0.0952. The fourth-order valence-corrected chi connectivity index (χ4v) is 2.94. The van der Waals surface area contributed by atoms with Crippen LogP contribution < -0.4 is 5.32 Å². The molecule has 2 aromatic heterocycles. The third-order valence-electron chi connectivity index (χ3n) is 4.35.